The second-order valence-electron chi connectivity index (χ2n) is 6.10. The predicted molar refractivity (Wildman–Crippen MR) is 101 cm³/mol. The summed E-state index contributed by atoms with van der Waals surface area (Å²) in [7, 11) is 1.60. The molecule has 0 atom stereocenters. The highest BCUT2D eigenvalue weighted by Crippen LogP contribution is 2.30. The van der Waals surface area contributed by atoms with Crippen LogP contribution in [0.5, 0.6) is 11.5 Å². The molecule has 1 aliphatic rings. The third-order valence-corrected chi connectivity index (χ3v) is 4.89. The zero-order valence-corrected chi connectivity index (χ0v) is 15.2. The molecule has 0 bridgehead atoms. The average molecular weight is 359 g/mol. The Kier molecular flexibility index (Phi) is 5.87. The van der Waals surface area contributed by atoms with Crippen molar-refractivity contribution in [2.75, 3.05) is 20.2 Å². The molecule has 0 aliphatic carbocycles. The largest absolute Gasteiger partial charge is 0.493 e. The first-order chi connectivity index (χ1) is 12.2. The third-order valence-electron chi connectivity index (χ3n) is 4.39. The Morgan fingerprint density at radius 1 is 1.08 bits per heavy atom. The van der Waals surface area contributed by atoms with Crippen LogP contribution in [-0.4, -0.2) is 30.1 Å². The fourth-order valence-electron chi connectivity index (χ4n) is 2.97. The van der Waals surface area contributed by atoms with Crippen molar-refractivity contribution in [3.63, 3.8) is 0 Å². The molecule has 0 saturated carbocycles. The number of ether oxygens (including phenoxy) is 2. The summed E-state index contributed by atoms with van der Waals surface area (Å²) in [6.45, 7) is 2.16. The molecule has 0 unspecified atom stereocenters. The van der Waals surface area contributed by atoms with E-state index in [1.165, 1.54) is 25.3 Å². The van der Waals surface area contributed by atoms with E-state index in [0.29, 0.717) is 17.1 Å². The third kappa shape index (κ3) is 4.28. The van der Waals surface area contributed by atoms with E-state index in [-0.39, 0.29) is 12.4 Å². The van der Waals surface area contributed by atoms with Gasteiger partial charge in [-0.15, -0.1) is 0 Å². The molecule has 1 fully saturated rings. The maximum atomic E-state index is 13.7. The number of rotatable bonds is 5. The Morgan fingerprint density at radius 3 is 2.56 bits per heavy atom. The Labute approximate surface area is 153 Å². The number of hydrogen-bond acceptors (Lipinski definition) is 3. The van der Waals surface area contributed by atoms with Crippen LogP contribution in [0.25, 0.3) is 0 Å². The fourth-order valence-corrected chi connectivity index (χ4v) is 3.28. The van der Waals surface area contributed by atoms with Gasteiger partial charge in [0.05, 0.1) is 7.11 Å². The van der Waals surface area contributed by atoms with Crippen molar-refractivity contribution in [3.8, 4) is 11.5 Å². The van der Waals surface area contributed by atoms with Crippen molar-refractivity contribution in [3.05, 3.63) is 59.4 Å². The number of nitrogens with zero attached hydrogens (tertiary/aromatic N) is 1. The Morgan fingerprint density at radius 2 is 1.84 bits per heavy atom. The number of methoxy groups -OCH3 is 1. The van der Waals surface area contributed by atoms with Crippen LogP contribution >= 0.6 is 12.2 Å². The Balaban J connectivity index is 1.73. The van der Waals surface area contributed by atoms with Gasteiger partial charge in [0.2, 0.25) is 0 Å². The van der Waals surface area contributed by atoms with Gasteiger partial charge in [0.25, 0.3) is 0 Å². The van der Waals surface area contributed by atoms with Gasteiger partial charge in [-0.2, -0.15) is 0 Å². The molecule has 0 aromatic heterocycles. The summed E-state index contributed by atoms with van der Waals surface area (Å²) in [5.74, 6) is 0.911. The topological polar surface area (TPSA) is 21.7 Å². The van der Waals surface area contributed by atoms with Crippen LogP contribution in [0.15, 0.2) is 42.5 Å². The first-order valence-corrected chi connectivity index (χ1v) is 8.93. The normalized spacial score (nSPS) is 14.2. The second kappa shape index (κ2) is 8.30. The van der Waals surface area contributed by atoms with Crippen LogP contribution in [-0.2, 0) is 6.61 Å². The second-order valence-corrected chi connectivity index (χ2v) is 6.49. The highest BCUT2D eigenvalue weighted by atomic mass is 32.1. The highest BCUT2D eigenvalue weighted by molar-refractivity contribution is 7.80. The van der Waals surface area contributed by atoms with Crippen molar-refractivity contribution in [2.45, 2.75) is 25.9 Å². The summed E-state index contributed by atoms with van der Waals surface area (Å²) >= 11 is 5.63. The molecule has 132 valence electrons. The summed E-state index contributed by atoms with van der Waals surface area (Å²) in [5, 5.41) is 0. The number of likely N-dealkylation sites (tertiary alicyclic amines) is 1. The van der Waals surface area contributed by atoms with Gasteiger partial charge in [-0.25, -0.2) is 4.39 Å². The molecule has 3 rings (SSSR count). The smallest absolute Gasteiger partial charge is 0.161 e. The summed E-state index contributed by atoms with van der Waals surface area (Å²) in [6, 6.07) is 12.3. The lowest BCUT2D eigenvalue weighted by Gasteiger charge is -2.29. The minimum atomic E-state index is -0.274. The van der Waals surface area contributed by atoms with Crippen LogP contribution in [0.1, 0.15) is 30.4 Å². The van der Waals surface area contributed by atoms with Gasteiger partial charge in [0, 0.05) is 24.2 Å². The van der Waals surface area contributed by atoms with E-state index in [2.05, 4.69) is 4.90 Å². The van der Waals surface area contributed by atoms with Gasteiger partial charge < -0.3 is 14.4 Å². The van der Waals surface area contributed by atoms with E-state index in [1.54, 1.807) is 25.3 Å². The van der Waals surface area contributed by atoms with Crippen molar-refractivity contribution in [1.29, 1.82) is 0 Å². The van der Waals surface area contributed by atoms with Gasteiger partial charge >= 0.3 is 0 Å². The SMILES string of the molecule is COc1cc(C(=S)N2CCCCC2)ccc1OCc1ccccc1F. The molecule has 1 aliphatic heterocycles. The number of halogens is 1. The zero-order valence-electron chi connectivity index (χ0n) is 14.3. The molecule has 25 heavy (non-hydrogen) atoms. The van der Waals surface area contributed by atoms with Crippen molar-refractivity contribution in [2.24, 2.45) is 0 Å². The lowest BCUT2D eigenvalue weighted by molar-refractivity contribution is 0.279. The zero-order chi connectivity index (χ0) is 17.6. The molecule has 0 N–H and O–H groups in total. The number of piperidine rings is 1. The number of hydrogen-bond donors (Lipinski definition) is 0. The van der Waals surface area contributed by atoms with Gasteiger partial charge in [-0.3, -0.25) is 0 Å². The molecule has 0 radical (unpaired) electrons. The van der Waals surface area contributed by atoms with Crippen LogP contribution in [0.3, 0.4) is 0 Å². The molecule has 5 heteroatoms. The predicted octanol–water partition coefficient (Wildman–Crippen LogP) is 4.57. The minimum Gasteiger partial charge on any atom is -0.493 e. The maximum absolute atomic E-state index is 13.7. The minimum absolute atomic E-state index is 0.152. The molecular formula is C20H22FNO2S. The molecular weight excluding hydrogens is 337 g/mol. The average Bonchev–Trinajstić information content (AvgIpc) is 2.67. The van der Waals surface area contributed by atoms with Crippen LogP contribution in [0.4, 0.5) is 4.39 Å². The molecule has 2 aromatic rings. The standard InChI is InChI=1S/C20H22FNO2S/c1-23-19-13-15(20(25)22-11-5-2-6-12-22)9-10-18(19)24-14-16-7-3-4-8-17(16)21/h3-4,7-10,13H,2,5-6,11-12,14H2,1H3. The quantitative estimate of drug-likeness (QED) is 0.729. The maximum Gasteiger partial charge on any atom is 0.161 e. The van der Waals surface area contributed by atoms with Crippen LogP contribution in [0, 0.1) is 5.82 Å². The van der Waals surface area contributed by atoms with Gasteiger partial charge in [0.15, 0.2) is 11.5 Å². The first-order valence-electron chi connectivity index (χ1n) is 8.52. The monoisotopic (exact) mass is 359 g/mol. The Bertz CT molecular complexity index is 744. The van der Waals surface area contributed by atoms with Gasteiger partial charge in [-0.05, 0) is 43.5 Å². The van der Waals surface area contributed by atoms with E-state index in [4.69, 9.17) is 21.7 Å². The number of benzene rings is 2. The van der Waals surface area contributed by atoms with Crippen molar-refractivity contribution < 1.29 is 13.9 Å². The summed E-state index contributed by atoms with van der Waals surface area (Å²) < 4.78 is 24.9. The fraction of sp³-hybridized carbons (Fsp3) is 0.350. The number of thiocarbonyl (C=S) groups is 1. The van der Waals surface area contributed by atoms with Gasteiger partial charge in [-0.1, -0.05) is 30.4 Å². The van der Waals surface area contributed by atoms with E-state index >= 15 is 0 Å². The van der Waals surface area contributed by atoms with E-state index in [0.717, 1.165) is 23.6 Å². The van der Waals surface area contributed by atoms with E-state index in [9.17, 15) is 4.39 Å². The first kappa shape index (κ1) is 17.7. The van der Waals surface area contributed by atoms with E-state index in [1.807, 2.05) is 18.2 Å². The molecule has 0 amide bonds. The van der Waals surface area contributed by atoms with Crippen LogP contribution in [0.2, 0.25) is 0 Å². The molecule has 0 spiro atoms. The lowest BCUT2D eigenvalue weighted by atomic mass is 10.1. The van der Waals surface area contributed by atoms with Crippen LogP contribution < -0.4 is 9.47 Å². The molecule has 1 heterocycles. The summed E-state index contributed by atoms with van der Waals surface area (Å²) in [6.07, 6.45) is 3.63. The lowest BCUT2D eigenvalue weighted by Crippen LogP contribution is -2.34. The molecule has 1 saturated heterocycles. The van der Waals surface area contributed by atoms with Crippen molar-refractivity contribution >= 4 is 17.2 Å². The Hall–Kier alpha value is -2.14. The molecule has 3 nitrogen and oxygen atoms in total. The molecule has 2 aromatic carbocycles. The summed E-state index contributed by atoms with van der Waals surface area (Å²) in [4.78, 5) is 3.09. The van der Waals surface area contributed by atoms with Crippen molar-refractivity contribution in [1.82, 2.24) is 4.90 Å². The van der Waals surface area contributed by atoms with E-state index < -0.39 is 0 Å². The highest BCUT2D eigenvalue weighted by Gasteiger charge is 2.17. The van der Waals surface area contributed by atoms with Gasteiger partial charge in [0.1, 0.15) is 17.4 Å². The summed E-state index contributed by atoms with van der Waals surface area (Å²) in [5.41, 5.74) is 1.46.